The van der Waals surface area contributed by atoms with Crippen LogP contribution >= 0.6 is 11.6 Å². The van der Waals surface area contributed by atoms with Gasteiger partial charge < -0.3 is 19.9 Å². The average Bonchev–Trinajstić information content (AvgIpc) is 2.59. The largest absolute Gasteiger partial charge is 0.507 e. The lowest BCUT2D eigenvalue weighted by Gasteiger charge is -2.10. The third kappa shape index (κ3) is 4.71. The molecule has 1 amide bonds. The van der Waals surface area contributed by atoms with Gasteiger partial charge in [-0.2, -0.15) is 0 Å². The highest BCUT2D eigenvalue weighted by Crippen LogP contribution is 2.22. The maximum Gasteiger partial charge on any atom is 0.342 e. The minimum atomic E-state index is -0.884. The fourth-order valence-corrected chi connectivity index (χ4v) is 2.12. The van der Waals surface area contributed by atoms with Crippen molar-refractivity contribution in [3.63, 3.8) is 0 Å². The first kappa shape index (κ1) is 18.3. The number of phenols is 1. The number of ether oxygens (including phenoxy) is 2. The lowest BCUT2D eigenvalue weighted by atomic mass is 10.2. The van der Waals surface area contributed by atoms with E-state index in [-0.39, 0.29) is 27.6 Å². The van der Waals surface area contributed by atoms with Crippen molar-refractivity contribution in [1.29, 1.82) is 0 Å². The molecule has 0 fully saturated rings. The van der Waals surface area contributed by atoms with Gasteiger partial charge in [0.25, 0.3) is 5.91 Å². The number of carbonyl (C=O) groups excluding carboxylic acids is 3. The Morgan fingerprint density at radius 1 is 1.08 bits per heavy atom. The molecule has 0 aliphatic rings. The molecular weight excluding hydrogens is 350 g/mol. The normalized spacial score (nSPS) is 10.0. The molecule has 2 aromatic carbocycles. The zero-order valence-corrected chi connectivity index (χ0v) is 13.9. The van der Waals surface area contributed by atoms with E-state index in [1.54, 1.807) is 12.1 Å². The van der Waals surface area contributed by atoms with Gasteiger partial charge in [0.2, 0.25) is 0 Å². The zero-order valence-electron chi connectivity index (χ0n) is 13.1. The van der Waals surface area contributed by atoms with Gasteiger partial charge in [0, 0.05) is 5.02 Å². The smallest absolute Gasteiger partial charge is 0.342 e. The number of amides is 1. The molecule has 130 valence electrons. The van der Waals surface area contributed by atoms with Crippen molar-refractivity contribution in [1.82, 2.24) is 0 Å². The minimum Gasteiger partial charge on any atom is -0.507 e. The number of rotatable bonds is 5. The molecule has 0 aliphatic heterocycles. The van der Waals surface area contributed by atoms with Crippen LogP contribution in [0.3, 0.4) is 0 Å². The number of benzene rings is 2. The summed E-state index contributed by atoms with van der Waals surface area (Å²) in [5.74, 6) is -2.50. The number of aromatic hydroxyl groups is 1. The van der Waals surface area contributed by atoms with Crippen LogP contribution in [0.4, 0.5) is 5.69 Å². The van der Waals surface area contributed by atoms with E-state index >= 15 is 0 Å². The van der Waals surface area contributed by atoms with Crippen LogP contribution in [0.15, 0.2) is 42.5 Å². The molecule has 2 N–H and O–H groups in total. The van der Waals surface area contributed by atoms with Crippen molar-refractivity contribution in [3.8, 4) is 5.75 Å². The van der Waals surface area contributed by atoms with Crippen molar-refractivity contribution in [2.75, 3.05) is 19.0 Å². The molecule has 0 spiro atoms. The minimum absolute atomic E-state index is 0.118. The van der Waals surface area contributed by atoms with Crippen LogP contribution in [0.2, 0.25) is 5.02 Å². The molecule has 8 heteroatoms. The van der Waals surface area contributed by atoms with Gasteiger partial charge in [-0.25, -0.2) is 9.59 Å². The van der Waals surface area contributed by atoms with E-state index in [9.17, 15) is 19.5 Å². The Kier molecular flexibility index (Phi) is 5.97. The van der Waals surface area contributed by atoms with Crippen molar-refractivity contribution in [3.05, 3.63) is 58.6 Å². The number of phenolic OH excluding ortho intramolecular Hbond substituents is 1. The third-order valence-electron chi connectivity index (χ3n) is 3.12. The monoisotopic (exact) mass is 363 g/mol. The summed E-state index contributed by atoms with van der Waals surface area (Å²) in [6.07, 6.45) is 0. The van der Waals surface area contributed by atoms with Gasteiger partial charge in [-0.05, 0) is 30.3 Å². The first-order chi connectivity index (χ1) is 11.9. The molecule has 0 aromatic heterocycles. The number of methoxy groups -OCH3 is 1. The van der Waals surface area contributed by atoms with Crippen LogP contribution in [-0.4, -0.2) is 36.7 Å². The summed E-state index contributed by atoms with van der Waals surface area (Å²) in [5, 5.41) is 12.4. The van der Waals surface area contributed by atoms with E-state index in [1.807, 2.05) is 0 Å². The summed E-state index contributed by atoms with van der Waals surface area (Å²) >= 11 is 5.68. The molecule has 0 unspecified atom stereocenters. The highest BCUT2D eigenvalue weighted by Gasteiger charge is 2.17. The lowest BCUT2D eigenvalue weighted by Crippen LogP contribution is -2.22. The fraction of sp³-hybridized carbons (Fsp3) is 0.118. The predicted molar refractivity (Wildman–Crippen MR) is 89.8 cm³/mol. The van der Waals surface area contributed by atoms with Gasteiger partial charge in [-0.15, -0.1) is 0 Å². The lowest BCUT2D eigenvalue weighted by molar-refractivity contribution is -0.119. The molecule has 7 nitrogen and oxygen atoms in total. The van der Waals surface area contributed by atoms with Crippen LogP contribution in [-0.2, 0) is 14.3 Å². The maximum absolute atomic E-state index is 11.9. The molecule has 0 aliphatic carbocycles. The second-order valence-corrected chi connectivity index (χ2v) is 5.26. The Morgan fingerprint density at radius 3 is 2.48 bits per heavy atom. The zero-order chi connectivity index (χ0) is 18.4. The SMILES string of the molecule is COC(=O)c1ccccc1NC(=O)COC(=O)c1ccc(Cl)cc1O. The van der Waals surface area contributed by atoms with Gasteiger partial charge in [-0.1, -0.05) is 23.7 Å². The van der Waals surface area contributed by atoms with Crippen molar-refractivity contribution < 1.29 is 29.0 Å². The molecule has 0 saturated heterocycles. The Hall–Kier alpha value is -3.06. The summed E-state index contributed by atoms with van der Waals surface area (Å²) in [6, 6.07) is 10.1. The van der Waals surface area contributed by atoms with E-state index in [4.69, 9.17) is 16.3 Å². The molecule has 0 heterocycles. The Morgan fingerprint density at radius 2 is 1.80 bits per heavy atom. The molecule has 2 rings (SSSR count). The van der Waals surface area contributed by atoms with E-state index < -0.39 is 24.5 Å². The Labute approximate surface area is 148 Å². The fourth-order valence-electron chi connectivity index (χ4n) is 1.95. The van der Waals surface area contributed by atoms with Crippen LogP contribution in [0.1, 0.15) is 20.7 Å². The van der Waals surface area contributed by atoms with Crippen LogP contribution in [0, 0.1) is 0 Å². The number of halogens is 1. The summed E-state index contributed by atoms with van der Waals surface area (Å²) in [4.78, 5) is 35.4. The molecule has 25 heavy (non-hydrogen) atoms. The number of esters is 2. The number of hydrogen-bond acceptors (Lipinski definition) is 6. The molecule has 0 saturated carbocycles. The standard InChI is InChI=1S/C17H14ClNO6/c1-24-16(22)11-4-2-3-5-13(11)19-15(21)9-25-17(23)12-7-6-10(18)8-14(12)20/h2-8,20H,9H2,1H3,(H,19,21). The van der Waals surface area contributed by atoms with Gasteiger partial charge >= 0.3 is 11.9 Å². The number of carbonyl (C=O) groups is 3. The number of nitrogens with one attached hydrogen (secondary N) is 1. The van der Waals surface area contributed by atoms with E-state index in [0.29, 0.717) is 0 Å². The number of anilines is 1. The van der Waals surface area contributed by atoms with E-state index in [0.717, 1.165) is 0 Å². The van der Waals surface area contributed by atoms with E-state index in [1.165, 1.54) is 37.4 Å². The molecule has 2 aromatic rings. The Bertz CT molecular complexity index is 821. The van der Waals surface area contributed by atoms with Gasteiger partial charge in [-0.3, -0.25) is 4.79 Å². The van der Waals surface area contributed by atoms with Crippen LogP contribution < -0.4 is 5.32 Å². The highest BCUT2D eigenvalue weighted by molar-refractivity contribution is 6.30. The van der Waals surface area contributed by atoms with Crippen molar-refractivity contribution >= 4 is 35.1 Å². The second-order valence-electron chi connectivity index (χ2n) is 4.82. The topological polar surface area (TPSA) is 102 Å². The number of hydrogen-bond donors (Lipinski definition) is 2. The predicted octanol–water partition coefficient (Wildman–Crippen LogP) is 2.63. The van der Waals surface area contributed by atoms with Gasteiger partial charge in [0.1, 0.15) is 11.3 Å². The molecular formula is C17H14ClNO6. The first-order valence-corrected chi connectivity index (χ1v) is 7.43. The van der Waals surface area contributed by atoms with Crippen LogP contribution in [0.5, 0.6) is 5.75 Å². The number of para-hydroxylation sites is 1. The second kappa shape index (κ2) is 8.16. The molecule has 0 atom stereocenters. The van der Waals surface area contributed by atoms with Crippen molar-refractivity contribution in [2.24, 2.45) is 0 Å². The summed E-state index contributed by atoms with van der Waals surface area (Å²) < 4.78 is 9.46. The van der Waals surface area contributed by atoms with Gasteiger partial charge in [0.15, 0.2) is 6.61 Å². The highest BCUT2D eigenvalue weighted by atomic mass is 35.5. The summed E-state index contributed by atoms with van der Waals surface area (Å²) in [7, 11) is 1.22. The van der Waals surface area contributed by atoms with Crippen molar-refractivity contribution in [2.45, 2.75) is 0 Å². The van der Waals surface area contributed by atoms with Crippen LogP contribution in [0.25, 0.3) is 0 Å². The van der Waals surface area contributed by atoms with E-state index in [2.05, 4.69) is 10.1 Å². The van der Waals surface area contributed by atoms with Gasteiger partial charge in [0.05, 0.1) is 18.4 Å². The Balaban J connectivity index is 1.99. The summed E-state index contributed by atoms with van der Waals surface area (Å²) in [6.45, 7) is -0.601. The maximum atomic E-state index is 11.9. The molecule has 0 radical (unpaired) electrons. The quantitative estimate of drug-likeness (QED) is 0.792. The summed E-state index contributed by atoms with van der Waals surface area (Å²) in [5.41, 5.74) is 0.275. The third-order valence-corrected chi connectivity index (χ3v) is 3.36. The molecule has 0 bridgehead atoms. The average molecular weight is 364 g/mol. The first-order valence-electron chi connectivity index (χ1n) is 7.05.